The second-order valence-electron chi connectivity index (χ2n) is 10.2. The first-order valence-electron chi connectivity index (χ1n) is 14.0. The molecule has 0 saturated heterocycles. The van der Waals surface area contributed by atoms with E-state index in [9.17, 15) is 0 Å². The van der Waals surface area contributed by atoms with Gasteiger partial charge in [-0.05, 0) is 57.6 Å². The maximum Gasteiger partial charge on any atom is 0.164 e. The first kappa shape index (κ1) is 26.6. The van der Waals surface area contributed by atoms with Crippen LogP contribution < -0.4 is 0 Å². The van der Waals surface area contributed by atoms with Crippen molar-refractivity contribution in [1.82, 2.24) is 19.9 Å². The molecule has 0 fully saturated rings. The average molecular weight is 618 g/mol. The molecule has 2 aromatic heterocycles. The minimum absolute atomic E-state index is 0.632. The number of pyridine rings is 1. The molecule has 2 heterocycles. The number of aromatic nitrogens is 4. The molecule has 7 rings (SSSR count). The summed E-state index contributed by atoms with van der Waals surface area (Å²) in [5, 5.41) is 0. The third-order valence-electron chi connectivity index (χ3n) is 7.30. The summed E-state index contributed by atoms with van der Waals surface area (Å²) in [5.74, 6) is 1.91. The molecule has 0 aliphatic heterocycles. The average Bonchev–Trinajstić information content (AvgIpc) is 3.09. The van der Waals surface area contributed by atoms with Crippen LogP contribution in [0.4, 0.5) is 0 Å². The molecule has 204 valence electrons. The summed E-state index contributed by atoms with van der Waals surface area (Å²) in [6, 6.07) is 47.7. The predicted molar refractivity (Wildman–Crippen MR) is 178 cm³/mol. The molecule has 0 radical (unpaired) electrons. The summed E-state index contributed by atoms with van der Waals surface area (Å²) < 4.78 is 1.07. The summed E-state index contributed by atoms with van der Waals surface area (Å²) in [6.07, 6.45) is 3.65. The van der Waals surface area contributed by atoms with E-state index in [1.807, 2.05) is 48.7 Å². The summed E-state index contributed by atoms with van der Waals surface area (Å²) in [6.45, 7) is 0. The van der Waals surface area contributed by atoms with Gasteiger partial charge in [0.1, 0.15) is 0 Å². The molecule has 0 unspecified atom stereocenters. The fourth-order valence-electron chi connectivity index (χ4n) is 5.05. The molecule has 4 nitrogen and oxygen atoms in total. The molecule has 5 aromatic carbocycles. The summed E-state index contributed by atoms with van der Waals surface area (Å²) >= 11 is 3.59. The molecule has 0 spiro atoms. The van der Waals surface area contributed by atoms with Gasteiger partial charge in [-0.1, -0.05) is 131 Å². The highest BCUT2D eigenvalue weighted by molar-refractivity contribution is 9.10. The molecule has 5 heteroatoms. The van der Waals surface area contributed by atoms with E-state index in [1.54, 1.807) is 6.20 Å². The van der Waals surface area contributed by atoms with Crippen molar-refractivity contribution in [3.63, 3.8) is 0 Å². The van der Waals surface area contributed by atoms with Crippen molar-refractivity contribution in [2.24, 2.45) is 0 Å². The van der Waals surface area contributed by atoms with Gasteiger partial charge in [-0.15, -0.1) is 0 Å². The highest BCUT2D eigenvalue weighted by Gasteiger charge is 2.13. The zero-order chi connectivity index (χ0) is 29.0. The van der Waals surface area contributed by atoms with Crippen LogP contribution in [0.1, 0.15) is 0 Å². The number of benzene rings is 5. The fourth-order valence-corrected chi connectivity index (χ4v) is 5.45. The Bertz CT molecular complexity index is 2010. The van der Waals surface area contributed by atoms with Gasteiger partial charge in [0.15, 0.2) is 17.5 Å². The van der Waals surface area contributed by atoms with E-state index < -0.39 is 0 Å². The maximum atomic E-state index is 4.93. The van der Waals surface area contributed by atoms with Gasteiger partial charge < -0.3 is 0 Å². The van der Waals surface area contributed by atoms with Crippen LogP contribution in [-0.2, 0) is 0 Å². The van der Waals surface area contributed by atoms with E-state index in [0.717, 1.165) is 43.4 Å². The smallest absolute Gasteiger partial charge is 0.164 e. The standard InChI is InChI=1S/C38H25BrN4/c39-35-13-5-11-33(24-35)32-10-4-9-31(23-32)26-14-18-29(19-15-26)37-41-36(28-7-2-1-3-8-28)42-38(43-37)30-20-16-27(17-21-30)34-12-6-22-40-25-34/h1-25H. The Kier molecular flexibility index (Phi) is 7.38. The third-order valence-corrected chi connectivity index (χ3v) is 7.80. The van der Waals surface area contributed by atoms with Crippen LogP contribution in [0.3, 0.4) is 0 Å². The Balaban J connectivity index is 1.24. The van der Waals surface area contributed by atoms with Crippen molar-refractivity contribution < 1.29 is 0 Å². The number of hydrogen-bond donors (Lipinski definition) is 0. The summed E-state index contributed by atoms with van der Waals surface area (Å²) in [5.41, 5.74) is 9.59. The number of rotatable bonds is 6. The maximum absolute atomic E-state index is 4.93. The van der Waals surface area contributed by atoms with E-state index in [0.29, 0.717) is 17.5 Å². The lowest BCUT2D eigenvalue weighted by Gasteiger charge is -2.10. The van der Waals surface area contributed by atoms with E-state index in [4.69, 9.17) is 15.0 Å². The van der Waals surface area contributed by atoms with Gasteiger partial charge in [-0.25, -0.2) is 15.0 Å². The van der Waals surface area contributed by atoms with Gasteiger partial charge in [-0.3, -0.25) is 4.98 Å². The van der Waals surface area contributed by atoms with E-state index >= 15 is 0 Å². The minimum Gasteiger partial charge on any atom is -0.264 e. The van der Waals surface area contributed by atoms with Crippen LogP contribution in [0.15, 0.2) is 156 Å². The Morgan fingerprint density at radius 3 is 1.35 bits per heavy atom. The molecule has 0 atom stereocenters. The van der Waals surface area contributed by atoms with Gasteiger partial charge in [-0.2, -0.15) is 0 Å². The van der Waals surface area contributed by atoms with Gasteiger partial charge in [0, 0.05) is 33.6 Å². The van der Waals surface area contributed by atoms with Crippen LogP contribution >= 0.6 is 15.9 Å². The van der Waals surface area contributed by atoms with E-state index in [2.05, 4.69) is 118 Å². The van der Waals surface area contributed by atoms with Gasteiger partial charge in [0.25, 0.3) is 0 Å². The number of nitrogens with zero attached hydrogens (tertiary/aromatic N) is 4. The zero-order valence-electron chi connectivity index (χ0n) is 23.1. The van der Waals surface area contributed by atoms with Crippen LogP contribution in [0.5, 0.6) is 0 Å². The minimum atomic E-state index is 0.632. The molecule has 0 bridgehead atoms. The molecule has 43 heavy (non-hydrogen) atoms. The quantitative estimate of drug-likeness (QED) is 0.186. The van der Waals surface area contributed by atoms with Gasteiger partial charge >= 0.3 is 0 Å². The molecule has 0 amide bonds. The molecular weight excluding hydrogens is 592 g/mol. The van der Waals surface area contributed by atoms with Crippen molar-refractivity contribution in [2.75, 3.05) is 0 Å². The van der Waals surface area contributed by atoms with Crippen molar-refractivity contribution >= 4 is 15.9 Å². The first-order valence-corrected chi connectivity index (χ1v) is 14.8. The van der Waals surface area contributed by atoms with Crippen LogP contribution in [0, 0.1) is 0 Å². The highest BCUT2D eigenvalue weighted by atomic mass is 79.9. The topological polar surface area (TPSA) is 51.6 Å². The van der Waals surface area contributed by atoms with Crippen molar-refractivity contribution in [3.05, 3.63) is 156 Å². The summed E-state index contributed by atoms with van der Waals surface area (Å²) in [7, 11) is 0. The van der Waals surface area contributed by atoms with Gasteiger partial charge in [0.2, 0.25) is 0 Å². The molecule has 0 N–H and O–H groups in total. The molecule has 0 saturated carbocycles. The Hall–Kier alpha value is -5.26. The van der Waals surface area contributed by atoms with Crippen LogP contribution in [0.2, 0.25) is 0 Å². The van der Waals surface area contributed by atoms with Crippen LogP contribution in [0.25, 0.3) is 67.5 Å². The second-order valence-corrected chi connectivity index (χ2v) is 11.1. The van der Waals surface area contributed by atoms with E-state index in [1.165, 1.54) is 11.1 Å². The number of hydrogen-bond acceptors (Lipinski definition) is 4. The second kappa shape index (κ2) is 11.9. The molecule has 7 aromatic rings. The van der Waals surface area contributed by atoms with Crippen molar-refractivity contribution in [1.29, 1.82) is 0 Å². The van der Waals surface area contributed by atoms with Crippen LogP contribution in [-0.4, -0.2) is 19.9 Å². The lowest BCUT2D eigenvalue weighted by Crippen LogP contribution is -2.00. The van der Waals surface area contributed by atoms with Crippen molar-refractivity contribution in [2.45, 2.75) is 0 Å². The first-order chi connectivity index (χ1) is 21.2. The largest absolute Gasteiger partial charge is 0.264 e. The number of halogens is 1. The fraction of sp³-hybridized carbons (Fsp3) is 0. The van der Waals surface area contributed by atoms with E-state index in [-0.39, 0.29) is 0 Å². The SMILES string of the molecule is Brc1cccc(-c2cccc(-c3ccc(-c4nc(-c5ccccc5)nc(-c5ccc(-c6cccnc6)cc5)n4)cc3)c2)c1. The zero-order valence-corrected chi connectivity index (χ0v) is 24.7. The van der Waals surface area contributed by atoms with Gasteiger partial charge in [0.05, 0.1) is 0 Å². The molecular formula is C38H25BrN4. The third kappa shape index (κ3) is 5.89. The lowest BCUT2D eigenvalue weighted by molar-refractivity contribution is 1.07. The lowest BCUT2D eigenvalue weighted by atomic mass is 9.98. The summed E-state index contributed by atoms with van der Waals surface area (Å²) in [4.78, 5) is 18.9. The predicted octanol–water partition coefficient (Wildman–Crippen LogP) is 10.0. The highest BCUT2D eigenvalue weighted by Crippen LogP contribution is 2.31. The Morgan fingerprint density at radius 2 is 0.791 bits per heavy atom. The Morgan fingerprint density at radius 1 is 0.349 bits per heavy atom. The Labute approximate surface area is 259 Å². The molecule has 0 aliphatic rings. The molecule has 0 aliphatic carbocycles. The monoisotopic (exact) mass is 616 g/mol. The van der Waals surface area contributed by atoms with Crippen molar-refractivity contribution in [3.8, 4) is 67.5 Å². The normalized spacial score (nSPS) is 10.9.